The second-order valence-electron chi connectivity index (χ2n) is 6.44. The minimum absolute atomic E-state index is 0.0539. The summed E-state index contributed by atoms with van der Waals surface area (Å²) in [6, 6.07) is 10.0. The Morgan fingerprint density at radius 3 is 2.61 bits per heavy atom. The molecule has 0 aromatic heterocycles. The molecule has 1 aliphatic rings. The zero-order valence-electron chi connectivity index (χ0n) is 13.9. The molecule has 0 aliphatic carbocycles. The number of nitrogens with one attached hydrogen (secondary N) is 1. The molecule has 0 unspecified atom stereocenters. The van der Waals surface area contributed by atoms with Crippen molar-refractivity contribution in [3.05, 3.63) is 35.9 Å². The van der Waals surface area contributed by atoms with Gasteiger partial charge in [0.2, 0.25) is 0 Å². The molecule has 0 radical (unpaired) electrons. The minimum atomic E-state index is -0.545. The summed E-state index contributed by atoms with van der Waals surface area (Å²) in [5.41, 5.74) is 1.22. The van der Waals surface area contributed by atoms with Crippen molar-refractivity contribution in [1.29, 1.82) is 0 Å². The van der Waals surface area contributed by atoms with Crippen molar-refractivity contribution in [2.45, 2.75) is 45.3 Å². The van der Waals surface area contributed by atoms with Crippen LogP contribution in [0, 0.1) is 5.92 Å². The van der Waals surface area contributed by atoms with Gasteiger partial charge in [0, 0.05) is 25.0 Å². The Balaban J connectivity index is 1.76. The van der Waals surface area contributed by atoms with E-state index < -0.39 is 17.9 Å². The Morgan fingerprint density at radius 2 is 2.00 bits per heavy atom. The van der Waals surface area contributed by atoms with Gasteiger partial charge in [-0.2, -0.15) is 0 Å². The topological polar surface area (TPSA) is 69.6 Å². The van der Waals surface area contributed by atoms with E-state index in [2.05, 4.69) is 17.4 Å². The first-order valence-corrected chi connectivity index (χ1v) is 8.29. The third kappa shape index (κ3) is 5.06. The zero-order valence-corrected chi connectivity index (χ0v) is 13.9. The van der Waals surface area contributed by atoms with Crippen LogP contribution < -0.4 is 5.32 Å². The molecule has 2 rings (SSSR count). The fourth-order valence-corrected chi connectivity index (χ4v) is 2.89. The number of nitrogens with zero attached hydrogens (tertiary/aromatic N) is 1. The van der Waals surface area contributed by atoms with Crippen LogP contribution >= 0.6 is 0 Å². The van der Waals surface area contributed by atoms with Gasteiger partial charge in [-0.3, -0.25) is 9.59 Å². The van der Waals surface area contributed by atoms with Crippen molar-refractivity contribution in [3.8, 4) is 0 Å². The van der Waals surface area contributed by atoms with Gasteiger partial charge in [-0.1, -0.05) is 30.3 Å². The number of aliphatic hydroxyl groups is 1. The molecule has 0 spiro atoms. The van der Waals surface area contributed by atoms with E-state index in [1.54, 1.807) is 6.92 Å². The molecule has 3 atom stereocenters. The highest BCUT2D eigenvalue weighted by Gasteiger charge is 2.32. The Bertz CT molecular complexity index is 530. The number of carbonyl (C=O) groups excluding carboxylic acids is 2. The van der Waals surface area contributed by atoms with Crippen molar-refractivity contribution in [1.82, 2.24) is 10.2 Å². The number of benzene rings is 1. The van der Waals surface area contributed by atoms with Crippen molar-refractivity contribution in [3.63, 3.8) is 0 Å². The van der Waals surface area contributed by atoms with Crippen molar-refractivity contribution >= 4 is 11.8 Å². The van der Waals surface area contributed by atoms with Gasteiger partial charge in [0.1, 0.15) is 0 Å². The van der Waals surface area contributed by atoms with Crippen LogP contribution in [0.25, 0.3) is 0 Å². The monoisotopic (exact) mass is 318 g/mol. The number of carbonyl (C=O) groups is 2. The molecule has 1 aliphatic heterocycles. The smallest absolute Gasteiger partial charge is 0.311 e. The lowest BCUT2D eigenvalue weighted by molar-refractivity contribution is -0.145. The fraction of sp³-hybridized carbons (Fsp3) is 0.556. The van der Waals surface area contributed by atoms with E-state index in [4.69, 9.17) is 0 Å². The van der Waals surface area contributed by atoms with Gasteiger partial charge in [-0.05, 0) is 38.7 Å². The van der Waals surface area contributed by atoms with Gasteiger partial charge in [0.15, 0.2) is 0 Å². The minimum Gasteiger partial charge on any atom is -0.393 e. The van der Waals surface area contributed by atoms with Gasteiger partial charge in [-0.25, -0.2) is 0 Å². The van der Waals surface area contributed by atoms with Crippen molar-refractivity contribution in [2.24, 2.45) is 5.92 Å². The van der Waals surface area contributed by atoms with Gasteiger partial charge < -0.3 is 15.3 Å². The largest absolute Gasteiger partial charge is 0.393 e. The first kappa shape index (κ1) is 17.5. The third-order valence-electron chi connectivity index (χ3n) is 4.47. The number of aliphatic hydroxyl groups excluding tert-OH is 1. The normalized spacial score (nSPS) is 20.1. The molecule has 1 fully saturated rings. The second-order valence-corrected chi connectivity index (χ2v) is 6.44. The molecule has 2 N–H and O–H groups in total. The average molecular weight is 318 g/mol. The maximum atomic E-state index is 12.2. The second kappa shape index (κ2) is 8.11. The summed E-state index contributed by atoms with van der Waals surface area (Å²) in [5, 5.41) is 12.4. The zero-order chi connectivity index (χ0) is 16.8. The summed E-state index contributed by atoms with van der Waals surface area (Å²) in [5.74, 6) is -0.959. The fourth-order valence-electron chi connectivity index (χ4n) is 2.89. The highest BCUT2D eigenvalue weighted by molar-refractivity contribution is 6.35. The van der Waals surface area contributed by atoms with E-state index in [-0.39, 0.29) is 12.0 Å². The molecule has 5 nitrogen and oxygen atoms in total. The number of amides is 2. The van der Waals surface area contributed by atoms with Gasteiger partial charge in [-0.15, -0.1) is 0 Å². The van der Waals surface area contributed by atoms with Crippen LogP contribution in [-0.4, -0.2) is 47.1 Å². The highest BCUT2D eigenvalue weighted by Crippen LogP contribution is 2.19. The number of hydrogen-bond donors (Lipinski definition) is 2. The summed E-state index contributed by atoms with van der Waals surface area (Å²) in [6.07, 6.45) is 1.96. The standard InChI is InChI=1S/C18H26N2O3/c1-13(8-9-15-6-4-3-5-7-15)19-17(22)18(23)20-11-10-16(12-20)14(2)21/h3-7,13-14,16,21H,8-12H2,1-2H3,(H,19,22)/t13-,14-,16-/m1/s1. The summed E-state index contributed by atoms with van der Waals surface area (Å²) < 4.78 is 0. The van der Waals surface area contributed by atoms with Crippen LogP contribution in [0.15, 0.2) is 30.3 Å². The number of aryl methyl sites for hydroxylation is 1. The van der Waals surface area contributed by atoms with E-state index in [0.717, 1.165) is 19.3 Å². The van der Waals surface area contributed by atoms with Crippen molar-refractivity contribution < 1.29 is 14.7 Å². The lowest BCUT2D eigenvalue weighted by Gasteiger charge is -2.19. The summed E-state index contributed by atoms with van der Waals surface area (Å²) in [7, 11) is 0. The predicted molar refractivity (Wildman–Crippen MR) is 88.7 cm³/mol. The maximum absolute atomic E-state index is 12.2. The molecule has 2 amide bonds. The molecule has 1 aromatic rings. The van der Waals surface area contributed by atoms with Gasteiger partial charge in [0.05, 0.1) is 6.10 Å². The Morgan fingerprint density at radius 1 is 1.30 bits per heavy atom. The van der Waals surface area contributed by atoms with Crippen molar-refractivity contribution in [2.75, 3.05) is 13.1 Å². The van der Waals surface area contributed by atoms with E-state index in [0.29, 0.717) is 13.1 Å². The lowest BCUT2D eigenvalue weighted by atomic mass is 10.0. The molecule has 0 bridgehead atoms. The molecule has 1 heterocycles. The van der Waals surface area contributed by atoms with Crippen LogP contribution in [0.2, 0.25) is 0 Å². The number of likely N-dealkylation sites (tertiary alicyclic amines) is 1. The maximum Gasteiger partial charge on any atom is 0.311 e. The van der Waals surface area contributed by atoms with Crippen LogP contribution in [0.1, 0.15) is 32.3 Å². The molecule has 126 valence electrons. The average Bonchev–Trinajstić information content (AvgIpc) is 3.03. The number of hydrogen-bond acceptors (Lipinski definition) is 3. The Labute approximate surface area is 137 Å². The van der Waals surface area contributed by atoms with Gasteiger partial charge in [0.25, 0.3) is 0 Å². The van der Waals surface area contributed by atoms with Crippen LogP contribution in [0.3, 0.4) is 0 Å². The summed E-state index contributed by atoms with van der Waals surface area (Å²) in [6.45, 7) is 4.64. The Hall–Kier alpha value is -1.88. The molecule has 5 heteroatoms. The lowest BCUT2D eigenvalue weighted by Crippen LogP contribution is -2.45. The molecule has 1 aromatic carbocycles. The van der Waals surface area contributed by atoms with E-state index in [1.165, 1.54) is 10.5 Å². The predicted octanol–water partition coefficient (Wildman–Crippen LogP) is 1.35. The first-order chi connectivity index (χ1) is 11.0. The summed E-state index contributed by atoms with van der Waals surface area (Å²) in [4.78, 5) is 25.8. The summed E-state index contributed by atoms with van der Waals surface area (Å²) >= 11 is 0. The molecule has 1 saturated heterocycles. The van der Waals surface area contributed by atoms with Crippen LogP contribution in [0.5, 0.6) is 0 Å². The first-order valence-electron chi connectivity index (χ1n) is 8.29. The molecule has 23 heavy (non-hydrogen) atoms. The van der Waals surface area contributed by atoms with Gasteiger partial charge >= 0.3 is 11.8 Å². The molecular formula is C18H26N2O3. The van der Waals surface area contributed by atoms with Crippen LogP contribution in [0.4, 0.5) is 0 Å². The Kier molecular flexibility index (Phi) is 6.16. The SMILES string of the molecule is C[C@H](CCc1ccccc1)NC(=O)C(=O)N1CC[C@@H]([C@@H](C)O)C1. The quantitative estimate of drug-likeness (QED) is 0.805. The molecule has 0 saturated carbocycles. The molecular weight excluding hydrogens is 292 g/mol. The third-order valence-corrected chi connectivity index (χ3v) is 4.47. The van der Waals surface area contributed by atoms with E-state index in [9.17, 15) is 14.7 Å². The van der Waals surface area contributed by atoms with Crippen LogP contribution in [-0.2, 0) is 16.0 Å². The number of rotatable bonds is 5. The highest BCUT2D eigenvalue weighted by atomic mass is 16.3. The van der Waals surface area contributed by atoms with E-state index in [1.807, 2.05) is 25.1 Å². The van der Waals surface area contributed by atoms with E-state index >= 15 is 0 Å².